The van der Waals surface area contributed by atoms with Crippen LogP contribution in [0.2, 0.25) is 0 Å². The van der Waals surface area contributed by atoms with Crippen LogP contribution in [0.4, 0.5) is 0 Å². The summed E-state index contributed by atoms with van der Waals surface area (Å²) in [7, 11) is 1.76. The minimum atomic E-state index is 0. The van der Waals surface area contributed by atoms with E-state index in [-0.39, 0.29) is 24.0 Å². The van der Waals surface area contributed by atoms with Crippen molar-refractivity contribution in [1.29, 1.82) is 0 Å². The monoisotopic (exact) mass is 560 g/mol. The Morgan fingerprint density at radius 1 is 1.19 bits per heavy atom. The Kier molecular flexibility index (Phi) is 8.78. The summed E-state index contributed by atoms with van der Waals surface area (Å²) >= 11 is 5.24. The molecule has 3 aromatic rings. The molecule has 2 N–H and O–H groups in total. The number of aliphatic imine (C=N–C) groups is 1. The molecule has 0 unspecified atom stereocenters. The predicted octanol–water partition coefficient (Wildman–Crippen LogP) is 5.00. The van der Waals surface area contributed by atoms with E-state index in [1.165, 1.54) is 10.4 Å². The van der Waals surface area contributed by atoms with Crippen molar-refractivity contribution >= 4 is 57.2 Å². The van der Waals surface area contributed by atoms with Crippen LogP contribution in [0.5, 0.6) is 0 Å². The number of aromatic nitrogens is 1. The fourth-order valence-electron chi connectivity index (χ4n) is 2.40. The van der Waals surface area contributed by atoms with E-state index in [4.69, 9.17) is 4.42 Å². The van der Waals surface area contributed by atoms with Crippen LogP contribution in [0, 0.1) is 6.92 Å². The van der Waals surface area contributed by atoms with Gasteiger partial charge < -0.3 is 15.1 Å². The van der Waals surface area contributed by atoms with Gasteiger partial charge in [0, 0.05) is 24.0 Å². The predicted molar refractivity (Wildman–Crippen MR) is 126 cm³/mol. The first-order valence-corrected chi connectivity index (χ1v) is 9.95. The van der Waals surface area contributed by atoms with Crippen LogP contribution in [0.1, 0.15) is 16.1 Å². The molecule has 27 heavy (non-hydrogen) atoms. The van der Waals surface area contributed by atoms with E-state index in [0.717, 1.165) is 34.0 Å². The highest BCUT2D eigenvalue weighted by atomic mass is 127. The summed E-state index contributed by atoms with van der Waals surface area (Å²) in [6.45, 7) is 3.43. The Morgan fingerprint density at radius 2 is 1.96 bits per heavy atom. The normalized spacial score (nSPS) is 11.1. The highest BCUT2D eigenvalue weighted by molar-refractivity contribution is 14.0. The lowest BCUT2D eigenvalue weighted by Gasteiger charge is -2.10. The molecule has 0 saturated carbocycles. The summed E-state index contributed by atoms with van der Waals surface area (Å²) in [5.74, 6) is 1.38. The second-order valence-corrected chi connectivity index (χ2v) is 8.37. The number of thiophene rings is 1. The van der Waals surface area contributed by atoms with Crippen molar-refractivity contribution < 1.29 is 4.42 Å². The van der Waals surface area contributed by atoms with Gasteiger partial charge in [0.15, 0.2) is 5.96 Å². The maximum absolute atomic E-state index is 5.58. The van der Waals surface area contributed by atoms with Gasteiger partial charge in [-0.1, -0.05) is 17.7 Å². The zero-order valence-corrected chi connectivity index (χ0v) is 19.9. The maximum Gasteiger partial charge on any atom is 0.226 e. The molecule has 0 bridgehead atoms. The quantitative estimate of drug-likeness (QED) is 0.253. The number of benzene rings is 1. The standard InChI is InChI=1S/C19H21BrN4OS.HI/c1-13-3-5-14(6-4-13)18-24-15(12-25-18)11-23-19(21-2)22-10-9-16-7-8-17(20)26-16;/h3-8,12H,9-11H2,1-2H3,(H2,21,22,23);1H. The average Bonchev–Trinajstić information content (AvgIpc) is 3.28. The molecule has 0 saturated heterocycles. The smallest absolute Gasteiger partial charge is 0.226 e. The Hall–Kier alpha value is -1.39. The van der Waals surface area contributed by atoms with E-state index in [2.05, 4.69) is 67.7 Å². The Bertz CT molecular complexity index is 876. The number of halogens is 2. The largest absolute Gasteiger partial charge is 0.444 e. The molecule has 2 heterocycles. The molecular weight excluding hydrogens is 539 g/mol. The van der Waals surface area contributed by atoms with Crippen molar-refractivity contribution in [2.45, 2.75) is 19.9 Å². The number of nitrogens with one attached hydrogen (secondary N) is 2. The second kappa shape index (κ2) is 10.8. The summed E-state index contributed by atoms with van der Waals surface area (Å²) in [6, 6.07) is 12.3. The number of hydrogen-bond donors (Lipinski definition) is 2. The van der Waals surface area contributed by atoms with E-state index < -0.39 is 0 Å². The lowest BCUT2D eigenvalue weighted by molar-refractivity contribution is 0.572. The van der Waals surface area contributed by atoms with Crippen LogP contribution in [0.15, 0.2) is 55.9 Å². The first-order valence-electron chi connectivity index (χ1n) is 8.34. The molecule has 3 rings (SSSR count). The Labute approximate surface area is 188 Å². The van der Waals surface area contributed by atoms with Crippen molar-refractivity contribution in [3.05, 3.63) is 62.6 Å². The molecular formula is C19H22BrIN4OS. The van der Waals surface area contributed by atoms with Gasteiger partial charge in [-0.2, -0.15) is 0 Å². The zero-order valence-electron chi connectivity index (χ0n) is 15.2. The van der Waals surface area contributed by atoms with Gasteiger partial charge in [-0.15, -0.1) is 35.3 Å². The van der Waals surface area contributed by atoms with E-state index >= 15 is 0 Å². The summed E-state index contributed by atoms with van der Waals surface area (Å²) < 4.78 is 6.74. The van der Waals surface area contributed by atoms with Crippen LogP contribution in [-0.2, 0) is 13.0 Å². The SMILES string of the molecule is CN=C(NCCc1ccc(Br)s1)NCc1coc(-c2ccc(C)cc2)n1.I. The topological polar surface area (TPSA) is 62.5 Å². The number of nitrogens with zero attached hydrogens (tertiary/aromatic N) is 2. The lowest BCUT2D eigenvalue weighted by Crippen LogP contribution is -2.37. The molecule has 1 aromatic carbocycles. The van der Waals surface area contributed by atoms with Crippen LogP contribution < -0.4 is 10.6 Å². The number of guanidine groups is 1. The molecule has 0 aliphatic rings. The van der Waals surface area contributed by atoms with Gasteiger partial charge in [-0.3, -0.25) is 4.99 Å². The number of oxazole rings is 1. The van der Waals surface area contributed by atoms with E-state index in [0.29, 0.717) is 12.4 Å². The molecule has 0 spiro atoms. The number of hydrogen-bond acceptors (Lipinski definition) is 4. The highest BCUT2D eigenvalue weighted by Crippen LogP contribution is 2.22. The van der Waals surface area contributed by atoms with Gasteiger partial charge in [0.05, 0.1) is 16.0 Å². The highest BCUT2D eigenvalue weighted by Gasteiger charge is 2.07. The van der Waals surface area contributed by atoms with Crippen molar-refractivity contribution in [3.63, 3.8) is 0 Å². The molecule has 8 heteroatoms. The van der Waals surface area contributed by atoms with Gasteiger partial charge in [0.1, 0.15) is 6.26 Å². The third-order valence-electron chi connectivity index (χ3n) is 3.80. The molecule has 0 amide bonds. The van der Waals surface area contributed by atoms with Crippen molar-refractivity contribution in [2.75, 3.05) is 13.6 Å². The van der Waals surface area contributed by atoms with Gasteiger partial charge in [0.2, 0.25) is 5.89 Å². The van der Waals surface area contributed by atoms with Gasteiger partial charge >= 0.3 is 0 Å². The second-order valence-electron chi connectivity index (χ2n) is 5.82. The molecule has 0 fully saturated rings. The molecule has 0 aliphatic carbocycles. The first kappa shape index (κ1) is 21.9. The molecule has 144 valence electrons. The molecule has 5 nitrogen and oxygen atoms in total. The summed E-state index contributed by atoms with van der Waals surface area (Å²) in [5.41, 5.74) is 3.03. The molecule has 2 aromatic heterocycles. The summed E-state index contributed by atoms with van der Waals surface area (Å²) in [6.07, 6.45) is 2.64. The number of aryl methyl sites for hydroxylation is 1. The third kappa shape index (κ3) is 6.62. The fraction of sp³-hybridized carbons (Fsp3) is 0.263. The summed E-state index contributed by atoms with van der Waals surface area (Å²) in [5, 5.41) is 6.58. The van der Waals surface area contributed by atoms with E-state index in [9.17, 15) is 0 Å². The first-order chi connectivity index (χ1) is 12.6. The van der Waals surface area contributed by atoms with Gasteiger partial charge in [0.25, 0.3) is 0 Å². The van der Waals surface area contributed by atoms with E-state index in [1.807, 2.05) is 12.1 Å². The maximum atomic E-state index is 5.58. The van der Waals surface area contributed by atoms with Crippen LogP contribution in [0.25, 0.3) is 11.5 Å². The fourth-order valence-corrected chi connectivity index (χ4v) is 3.88. The van der Waals surface area contributed by atoms with Crippen molar-refractivity contribution in [3.8, 4) is 11.5 Å². The van der Waals surface area contributed by atoms with Crippen molar-refractivity contribution in [1.82, 2.24) is 15.6 Å². The van der Waals surface area contributed by atoms with Crippen molar-refractivity contribution in [2.24, 2.45) is 4.99 Å². The van der Waals surface area contributed by atoms with Gasteiger partial charge in [-0.25, -0.2) is 4.98 Å². The van der Waals surface area contributed by atoms with Crippen LogP contribution >= 0.6 is 51.2 Å². The molecule has 0 aliphatic heterocycles. The molecule has 0 atom stereocenters. The van der Waals surface area contributed by atoms with Crippen LogP contribution in [0.3, 0.4) is 0 Å². The van der Waals surface area contributed by atoms with Gasteiger partial charge in [-0.05, 0) is 53.5 Å². The number of rotatable bonds is 6. The average molecular weight is 561 g/mol. The van der Waals surface area contributed by atoms with E-state index in [1.54, 1.807) is 24.6 Å². The minimum absolute atomic E-state index is 0. The Balaban J connectivity index is 0.00000261. The molecule has 0 radical (unpaired) electrons. The lowest BCUT2D eigenvalue weighted by atomic mass is 10.1. The minimum Gasteiger partial charge on any atom is -0.444 e. The third-order valence-corrected chi connectivity index (χ3v) is 5.49. The zero-order chi connectivity index (χ0) is 18.4. The van der Waals surface area contributed by atoms with Crippen LogP contribution in [-0.4, -0.2) is 24.5 Å². The summed E-state index contributed by atoms with van der Waals surface area (Å²) in [4.78, 5) is 10.1. The Morgan fingerprint density at radius 3 is 2.63 bits per heavy atom.